The Bertz CT molecular complexity index is 356. The molecule has 1 aliphatic rings. The van der Waals surface area contributed by atoms with Gasteiger partial charge in [0.25, 0.3) is 0 Å². The molecule has 1 aliphatic carbocycles. The van der Waals surface area contributed by atoms with Gasteiger partial charge in [0.1, 0.15) is 5.82 Å². The summed E-state index contributed by atoms with van der Waals surface area (Å²) in [7, 11) is 0. The lowest BCUT2D eigenvalue weighted by atomic mass is 9.85. The van der Waals surface area contributed by atoms with Crippen LogP contribution < -0.4 is 0 Å². The lowest BCUT2D eigenvalue weighted by Gasteiger charge is -2.21. The van der Waals surface area contributed by atoms with E-state index in [1.165, 1.54) is 44.9 Å². The lowest BCUT2D eigenvalue weighted by molar-refractivity contribution is 0.332. The highest BCUT2D eigenvalue weighted by molar-refractivity contribution is 14.1. The van der Waals surface area contributed by atoms with Crippen LogP contribution in [-0.4, -0.2) is 0 Å². The Balaban J connectivity index is 1.75. The van der Waals surface area contributed by atoms with E-state index in [2.05, 4.69) is 6.07 Å². The zero-order valence-electron chi connectivity index (χ0n) is 10.2. The fourth-order valence-electron chi connectivity index (χ4n) is 2.77. The van der Waals surface area contributed by atoms with Crippen LogP contribution >= 0.6 is 22.6 Å². The average Bonchev–Trinajstić information content (AvgIpc) is 2.35. The van der Waals surface area contributed by atoms with Crippen LogP contribution in [0.2, 0.25) is 0 Å². The fourth-order valence-corrected chi connectivity index (χ4v) is 3.10. The molecule has 17 heavy (non-hydrogen) atoms. The second-order valence-corrected chi connectivity index (χ2v) is 6.31. The summed E-state index contributed by atoms with van der Waals surface area (Å²) in [5.41, 5.74) is 1.15. The van der Waals surface area contributed by atoms with E-state index in [1.807, 2.05) is 28.7 Å². The molecule has 0 atom stereocenters. The quantitative estimate of drug-likeness (QED) is 0.646. The predicted molar refractivity (Wildman–Crippen MR) is 78.6 cm³/mol. The zero-order chi connectivity index (χ0) is 12.1. The van der Waals surface area contributed by atoms with Gasteiger partial charge in [0, 0.05) is 3.57 Å². The minimum absolute atomic E-state index is 0.0687. The molecule has 1 aromatic rings. The molecular weight excluding hydrogens is 326 g/mol. The Morgan fingerprint density at radius 1 is 1.18 bits per heavy atom. The SMILES string of the molecule is Fc1cc(CCCC2CCCCC2)ccc1I. The number of hydrogen-bond donors (Lipinski definition) is 0. The van der Waals surface area contributed by atoms with Crippen molar-refractivity contribution in [2.45, 2.75) is 51.4 Å². The van der Waals surface area contributed by atoms with Crippen LogP contribution in [0.5, 0.6) is 0 Å². The van der Waals surface area contributed by atoms with Gasteiger partial charge in [-0.25, -0.2) is 4.39 Å². The normalized spacial score (nSPS) is 17.3. The first kappa shape index (κ1) is 13.3. The number of rotatable bonds is 4. The van der Waals surface area contributed by atoms with Crippen LogP contribution in [0.1, 0.15) is 50.5 Å². The fraction of sp³-hybridized carbons (Fsp3) is 0.600. The topological polar surface area (TPSA) is 0 Å². The first-order chi connectivity index (χ1) is 8.25. The predicted octanol–water partition coefficient (Wildman–Crippen LogP) is 5.33. The maximum absolute atomic E-state index is 13.4. The Morgan fingerprint density at radius 3 is 2.65 bits per heavy atom. The molecule has 0 heterocycles. The molecule has 94 valence electrons. The molecule has 1 aromatic carbocycles. The highest BCUT2D eigenvalue weighted by Crippen LogP contribution is 2.27. The first-order valence-corrected chi connectivity index (χ1v) is 7.77. The van der Waals surface area contributed by atoms with Crippen molar-refractivity contribution < 1.29 is 4.39 Å². The Hall–Kier alpha value is -0.120. The number of halogens is 2. The third-order valence-electron chi connectivity index (χ3n) is 3.79. The first-order valence-electron chi connectivity index (χ1n) is 6.69. The van der Waals surface area contributed by atoms with E-state index >= 15 is 0 Å². The van der Waals surface area contributed by atoms with Gasteiger partial charge in [0.2, 0.25) is 0 Å². The summed E-state index contributed by atoms with van der Waals surface area (Å²) in [5.74, 6) is 0.873. The second-order valence-electron chi connectivity index (χ2n) is 5.14. The molecule has 2 heteroatoms. The summed E-state index contributed by atoms with van der Waals surface area (Å²) >= 11 is 2.04. The largest absolute Gasteiger partial charge is 0.206 e. The van der Waals surface area contributed by atoms with Gasteiger partial charge in [-0.2, -0.15) is 0 Å². The second kappa shape index (κ2) is 6.72. The molecule has 0 nitrogen and oxygen atoms in total. The highest BCUT2D eigenvalue weighted by atomic mass is 127. The molecule has 0 spiro atoms. The maximum Gasteiger partial charge on any atom is 0.136 e. The van der Waals surface area contributed by atoms with Gasteiger partial charge in [-0.05, 0) is 59.0 Å². The highest BCUT2D eigenvalue weighted by Gasteiger charge is 2.12. The van der Waals surface area contributed by atoms with Crippen molar-refractivity contribution in [3.05, 3.63) is 33.1 Å². The molecule has 0 bridgehead atoms. The van der Waals surface area contributed by atoms with Gasteiger partial charge in [0.15, 0.2) is 0 Å². The third kappa shape index (κ3) is 4.23. The van der Waals surface area contributed by atoms with Crippen molar-refractivity contribution in [3.8, 4) is 0 Å². The van der Waals surface area contributed by atoms with E-state index in [0.29, 0.717) is 0 Å². The molecule has 0 saturated heterocycles. The summed E-state index contributed by atoms with van der Waals surface area (Å²) in [5, 5.41) is 0. The van der Waals surface area contributed by atoms with E-state index in [9.17, 15) is 4.39 Å². The molecule has 0 N–H and O–H groups in total. The summed E-state index contributed by atoms with van der Waals surface area (Å²) < 4.78 is 14.1. The van der Waals surface area contributed by atoms with Crippen molar-refractivity contribution in [2.24, 2.45) is 5.92 Å². The monoisotopic (exact) mass is 346 g/mol. The molecule has 1 saturated carbocycles. The molecule has 2 rings (SSSR count). The smallest absolute Gasteiger partial charge is 0.136 e. The molecule has 0 amide bonds. The number of aryl methyl sites for hydroxylation is 1. The summed E-state index contributed by atoms with van der Waals surface area (Å²) in [6.07, 6.45) is 10.7. The summed E-state index contributed by atoms with van der Waals surface area (Å²) in [4.78, 5) is 0. The van der Waals surface area contributed by atoms with Gasteiger partial charge in [-0.15, -0.1) is 0 Å². The summed E-state index contributed by atoms with van der Waals surface area (Å²) in [6, 6.07) is 5.64. The van der Waals surface area contributed by atoms with Crippen molar-refractivity contribution in [1.29, 1.82) is 0 Å². The maximum atomic E-state index is 13.4. The molecule has 0 radical (unpaired) electrons. The van der Waals surface area contributed by atoms with Crippen molar-refractivity contribution >= 4 is 22.6 Å². The van der Waals surface area contributed by atoms with Gasteiger partial charge >= 0.3 is 0 Å². The van der Waals surface area contributed by atoms with Crippen LogP contribution in [0.15, 0.2) is 18.2 Å². The standard InChI is InChI=1S/C15H20FI/c16-14-11-13(9-10-15(14)17)8-4-7-12-5-2-1-3-6-12/h9-12H,1-8H2. The van der Waals surface area contributed by atoms with Crippen LogP contribution in [0.3, 0.4) is 0 Å². The van der Waals surface area contributed by atoms with Gasteiger partial charge < -0.3 is 0 Å². The van der Waals surface area contributed by atoms with E-state index < -0.39 is 0 Å². The van der Waals surface area contributed by atoms with Gasteiger partial charge in [0.05, 0.1) is 0 Å². The Morgan fingerprint density at radius 2 is 1.94 bits per heavy atom. The minimum atomic E-state index is -0.0687. The average molecular weight is 346 g/mol. The van der Waals surface area contributed by atoms with Crippen LogP contribution in [0.4, 0.5) is 4.39 Å². The minimum Gasteiger partial charge on any atom is -0.206 e. The van der Waals surface area contributed by atoms with Crippen LogP contribution in [0, 0.1) is 15.3 Å². The Kier molecular flexibility index (Phi) is 5.26. The van der Waals surface area contributed by atoms with Gasteiger partial charge in [-0.1, -0.05) is 44.6 Å². The van der Waals surface area contributed by atoms with Crippen molar-refractivity contribution in [1.82, 2.24) is 0 Å². The van der Waals surface area contributed by atoms with Crippen molar-refractivity contribution in [2.75, 3.05) is 0 Å². The Labute approximate surface area is 117 Å². The van der Waals surface area contributed by atoms with Crippen LogP contribution in [0.25, 0.3) is 0 Å². The van der Waals surface area contributed by atoms with Gasteiger partial charge in [-0.3, -0.25) is 0 Å². The van der Waals surface area contributed by atoms with Crippen LogP contribution in [-0.2, 0) is 6.42 Å². The number of hydrogen-bond acceptors (Lipinski definition) is 0. The number of benzene rings is 1. The summed E-state index contributed by atoms with van der Waals surface area (Å²) in [6.45, 7) is 0. The van der Waals surface area contributed by atoms with E-state index in [1.54, 1.807) is 6.07 Å². The molecule has 0 aromatic heterocycles. The zero-order valence-corrected chi connectivity index (χ0v) is 12.4. The molecule has 0 aliphatic heterocycles. The lowest BCUT2D eigenvalue weighted by Crippen LogP contribution is -2.06. The van der Waals surface area contributed by atoms with E-state index in [0.717, 1.165) is 21.5 Å². The molecule has 1 fully saturated rings. The molecular formula is C15H20FI. The van der Waals surface area contributed by atoms with E-state index in [-0.39, 0.29) is 5.82 Å². The molecule has 0 unspecified atom stereocenters. The third-order valence-corrected chi connectivity index (χ3v) is 4.66. The van der Waals surface area contributed by atoms with E-state index in [4.69, 9.17) is 0 Å². The van der Waals surface area contributed by atoms with Crippen molar-refractivity contribution in [3.63, 3.8) is 0 Å².